The van der Waals surface area contributed by atoms with E-state index in [-0.39, 0.29) is 11.8 Å². The van der Waals surface area contributed by atoms with Crippen LogP contribution in [0.4, 0.5) is 36.4 Å². The lowest BCUT2D eigenvalue weighted by atomic mass is 10.1. The Labute approximate surface area is 148 Å². The van der Waals surface area contributed by atoms with Gasteiger partial charge in [0.15, 0.2) is 6.10 Å². The molecule has 0 fully saturated rings. The van der Waals surface area contributed by atoms with Gasteiger partial charge in [-0.2, -0.15) is 26.3 Å². The van der Waals surface area contributed by atoms with Crippen LogP contribution in [0.5, 0.6) is 5.75 Å². The van der Waals surface area contributed by atoms with Crippen LogP contribution in [0, 0.1) is 5.82 Å². The van der Waals surface area contributed by atoms with E-state index >= 15 is 0 Å². The molecule has 1 atom stereocenters. The number of amides is 1. The van der Waals surface area contributed by atoms with E-state index in [9.17, 15) is 35.5 Å². The van der Waals surface area contributed by atoms with E-state index in [1.165, 1.54) is 19.1 Å². The predicted octanol–water partition coefficient (Wildman–Crippen LogP) is 5.27. The molecular formula is C17H12F7NO2. The first-order valence-electron chi connectivity index (χ1n) is 7.39. The number of anilines is 1. The lowest BCUT2D eigenvalue weighted by Crippen LogP contribution is -2.30. The standard InChI is InChI=1S/C17H12F7NO2/c1-9(27-14-4-2-12(18)3-5-14)15(26)25-13-7-10(16(19,20)21)6-11(8-13)17(22,23)24/h2-9H,1H3,(H,25,26). The van der Waals surface area contributed by atoms with E-state index in [1.807, 2.05) is 5.32 Å². The summed E-state index contributed by atoms with van der Waals surface area (Å²) in [6.07, 6.45) is -11.3. The zero-order valence-electron chi connectivity index (χ0n) is 13.6. The molecule has 0 aliphatic heterocycles. The van der Waals surface area contributed by atoms with Gasteiger partial charge in [-0.15, -0.1) is 0 Å². The molecule has 10 heteroatoms. The smallest absolute Gasteiger partial charge is 0.416 e. The Morgan fingerprint density at radius 3 is 1.85 bits per heavy atom. The highest BCUT2D eigenvalue weighted by atomic mass is 19.4. The van der Waals surface area contributed by atoms with Gasteiger partial charge in [-0.25, -0.2) is 4.39 Å². The van der Waals surface area contributed by atoms with Gasteiger partial charge in [0.2, 0.25) is 0 Å². The van der Waals surface area contributed by atoms with E-state index in [0.717, 1.165) is 12.1 Å². The molecule has 2 aromatic carbocycles. The zero-order chi connectivity index (χ0) is 20.4. The topological polar surface area (TPSA) is 38.3 Å². The molecule has 3 nitrogen and oxygen atoms in total. The van der Waals surface area contributed by atoms with Crippen LogP contribution in [0.1, 0.15) is 18.1 Å². The average molecular weight is 395 g/mol. The molecule has 1 amide bonds. The third kappa shape index (κ3) is 5.60. The fourth-order valence-corrected chi connectivity index (χ4v) is 2.04. The summed E-state index contributed by atoms with van der Waals surface area (Å²) < 4.78 is 94.9. The van der Waals surface area contributed by atoms with E-state index < -0.39 is 47.0 Å². The van der Waals surface area contributed by atoms with Crippen LogP contribution < -0.4 is 10.1 Å². The van der Waals surface area contributed by atoms with Gasteiger partial charge in [-0.05, 0) is 49.4 Å². The summed E-state index contributed by atoms with van der Waals surface area (Å²) in [6.45, 7) is 1.23. The maximum atomic E-state index is 12.8. The molecule has 0 saturated heterocycles. The van der Waals surface area contributed by atoms with Crippen LogP contribution >= 0.6 is 0 Å². The zero-order valence-corrected chi connectivity index (χ0v) is 13.6. The Bertz CT molecular complexity index is 781. The van der Waals surface area contributed by atoms with E-state index in [4.69, 9.17) is 4.74 Å². The summed E-state index contributed by atoms with van der Waals surface area (Å²) in [5.74, 6) is -1.44. The average Bonchev–Trinajstić information content (AvgIpc) is 2.55. The third-order valence-corrected chi connectivity index (χ3v) is 3.35. The Balaban J connectivity index is 2.21. The van der Waals surface area contributed by atoms with Crippen LogP contribution in [0.15, 0.2) is 42.5 Å². The normalized spacial score (nSPS) is 13.2. The summed E-state index contributed by atoms with van der Waals surface area (Å²) in [7, 11) is 0. The van der Waals surface area contributed by atoms with Crippen molar-refractivity contribution in [3.63, 3.8) is 0 Å². The number of hydrogen-bond acceptors (Lipinski definition) is 2. The molecule has 2 rings (SSSR count). The maximum absolute atomic E-state index is 12.8. The van der Waals surface area contributed by atoms with Crippen LogP contribution in [0.3, 0.4) is 0 Å². The predicted molar refractivity (Wildman–Crippen MR) is 81.6 cm³/mol. The van der Waals surface area contributed by atoms with Gasteiger partial charge in [0.25, 0.3) is 5.91 Å². The number of alkyl halides is 6. The van der Waals surface area contributed by atoms with Crippen molar-refractivity contribution in [2.24, 2.45) is 0 Å². The molecule has 146 valence electrons. The van der Waals surface area contributed by atoms with Gasteiger partial charge in [0, 0.05) is 5.69 Å². The number of rotatable bonds is 4. The third-order valence-electron chi connectivity index (χ3n) is 3.35. The fraction of sp³-hybridized carbons (Fsp3) is 0.235. The van der Waals surface area contributed by atoms with Crippen LogP contribution in [0.2, 0.25) is 0 Å². The van der Waals surface area contributed by atoms with Gasteiger partial charge >= 0.3 is 12.4 Å². The van der Waals surface area contributed by atoms with Crippen LogP contribution in [-0.2, 0) is 17.1 Å². The Morgan fingerprint density at radius 2 is 1.41 bits per heavy atom. The quantitative estimate of drug-likeness (QED) is 0.717. The lowest BCUT2D eigenvalue weighted by Gasteiger charge is -2.17. The Kier molecular flexibility index (Phi) is 5.67. The number of benzene rings is 2. The van der Waals surface area contributed by atoms with Crippen LogP contribution in [0.25, 0.3) is 0 Å². The van der Waals surface area contributed by atoms with E-state index in [2.05, 4.69) is 0 Å². The van der Waals surface area contributed by atoms with Crippen molar-refractivity contribution < 1.29 is 40.3 Å². The first-order chi connectivity index (χ1) is 12.4. The highest BCUT2D eigenvalue weighted by Crippen LogP contribution is 2.37. The Hall–Kier alpha value is -2.78. The van der Waals surface area contributed by atoms with Crippen molar-refractivity contribution in [1.82, 2.24) is 0 Å². The first kappa shape index (κ1) is 20.5. The van der Waals surface area contributed by atoms with Crippen molar-refractivity contribution in [1.29, 1.82) is 0 Å². The highest BCUT2D eigenvalue weighted by Gasteiger charge is 2.37. The summed E-state index contributed by atoms with van der Waals surface area (Å²) in [5.41, 5.74) is -3.80. The molecule has 1 N–H and O–H groups in total. The van der Waals surface area contributed by atoms with E-state index in [1.54, 1.807) is 0 Å². The van der Waals surface area contributed by atoms with Crippen molar-refractivity contribution in [3.05, 3.63) is 59.4 Å². The van der Waals surface area contributed by atoms with Gasteiger partial charge in [0.05, 0.1) is 11.1 Å². The summed E-state index contributed by atoms with van der Waals surface area (Å²) >= 11 is 0. The molecule has 0 aromatic heterocycles. The largest absolute Gasteiger partial charge is 0.481 e. The number of carbonyl (C=O) groups excluding carboxylic acids is 1. The lowest BCUT2D eigenvalue weighted by molar-refractivity contribution is -0.143. The molecule has 2 aromatic rings. The minimum absolute atomic E-state index is 0.0475. The van der Waals surface area contributed by atoms with Crippen molar-refractivity contribution in [2.75, 3.05) is 5.32 Å². The fourth-order valence-electron chi connectivity index (χ4n) is 2.04. The van der Waals surface area contributed by atoms with Crippen LogP contribution in [-0.4, -0.2) is 12.0 Å². The molecular weight excluding hydrogens is 383 g/mol. The second-order valence-electron chi connectivity index (χ2n) is 5.50. The number of ether oxygens (including phenoxy) is 1. The van der Waals surface area contributed by atoms with Crippen molar-refractivity contribution in [3.8, 4) is 5.75 Å². The second kappa shape index (κ2) is 7.45. The van der Waals surface area contributed by atoms with Gasteiger partial charge < -0.3 is 10.1 Å². The number of carbonyl (C=O) groups is 1. The van der Waals surface area contributed by atoms with Gasteiger partial charge in [-0.3, -0.25) is 4.79 Å². The van der Waals surface area contributed by atoms with Crippen molar-refractivity contribution >= 4 is 11.6 Å². The molecule has 0 bridgehead atoms. The van der Waals surface area contributed by atoms with E-state index in [0.29, 0.717) is 12.1 Å². The molecule has 27 heavy (non-hydrogen) atoms. The SMILES string of the molecule is CC(Oc1ccc(F)cc1)C(=O)Nc1cc(C(F)(F)F)cc(C(F)(F)F)c1. The Morgan fingerprint density at radius 1 is 0.926 bits per heavy atom. The monoisotopic (exact) mass is 395 g/mol. The molecule has 0 radical (unpaired) electrons. The first-order valence-corrected chi connectivity index (χ1v) is 7.39. The minimum atomic E-state index is -5.03. The molecule has 1 unspecified atom stereocenters. The summed E-state index contributed by atoms with van der Waals surface area (Å²) in [5, 5.41) is 1.96. The molecule has 0 aliphatic rings. The summed E-state index contributed by atoms with van der Waals surface area (Å²) in [4.78, 5) is 12.0. The summed E-state index contributed by atoms with van der Waals surface area (Å²) in [6, 6.07) is 5.27. The highest BCUT2D eigenvalue weighted by molar-refractivity contribution is 5.94. The van der Waals surface area contributed by atoms with Gasteiger partial charge in [-0.1, -0.05) is 0 Å². The number of hydrogen-bond donors (Lipinski definition) is 1. The number of halogens is 7. The second-order valence-corrected chi connectivity index (χ2v) is 5.50. The van der Waals surface area contributed by atoms with Crippen molar-refractivity contribution in [2.45, 2.75) is 25.4 Å². The molecule has 0 saturated carbocycles. The minimum Gasteiger partial charge on any atom is -0.481 e. The molecule has 0 heterocycles. The number of nitrogens with one attached hydrogen (secondary N) is 1. The van der Waals surface area contributed by atoms with Gasteiger partial charge in [0.1, 0.15) is 11.6 Å². The maximum Gasteiger partial charge on any atom is 0.416 e. The molecule has 0 aliphatic carbocycles. The molecule has 0 spiro atoms.